The van der Waals surface area contributed by atoms with Crippen LogP contribution in [0, 0.1) is 0 Å². The van der Waals surface area contributed by atoms with Crippen LogP contribution in [0.4, 0.5) is 10.5 Å². The largest absolute Gasteiger partial charge is 0.496 e. The molecule has 6 nitrogen and oxygen atoms in total. The van der Waals surface area contributed by atoms with Gasteiger partial charge in [-0.1, -0.05) is 56.2 Å². The molecule has 1 heterocycles. The van der Waals surface area contributed by atoms with Gasteiger partial charge in [-0.2, -0.15) is 0 Å². The third-order valence-corrected chi connectivity index (χ3v) is 9.40. The molecule has 0 radical (unpaired) electrons. The number of methoxy groups -OCH3 is 1. The molecule has 3 aromatic rings. The van der Waals surface area contributed by atoms with Gasteiger partial charge in [0.05, 0.1) is 17.8 Å². The van der Waals surface area contributed by atoms with E-state index in [0.29, 0.717) is 18.0 Å². The highest BCUT2D eigenvalue weighted by Crippen LogP contribution is 2.51. The first-order valence-electron chi connectivity index (χ1n) is 12.5. The summed E-state index contributed by atoms with van der Waals surface area (Å²) in [5.41, 5.74) is 5.21. The molecule has 2 amide bonds. The van der Waals surface area contributed by atoms with Crippen molar-refractivity contribution in [2.45, 2.75) is 49.5 Å². The standard InChI is InChI=1S/C29H32N2O4S/c1-3-36(33,34)23-13-10-21(11-14-23)19-30-28(32)31-20-29(16-6-7-17-29)25-18-22(12-15-26(25)31)24-8-4-5-9-27(24)35-2/h4-5,8-15,18H,3,6-7,16-17,19-20H2,1-2H3,(H,30,32). The van der Waals surface area contributed by atoms with Crippen molar-refractivity contribution >= 4 is 21.6 Å². The number of sulfone groups is 1. The highest BCUT2D eigenvalue weighted by Gasteiger charge is 2.46. The number of hydrogen-bond donors (Lipinski definition) is 1. The van der Waals surface area contributed by atoms with Crippen molar-refractivity contribution < 1.29 is 17.9 Å². The van der Waals surface area contributed by atoms with Crippen molar-refractivity contribution in [3.63, 3.8) is 0 Å². The average molecular weight is 505 g/mol. The number of carbonyl (C=O) groups excluding carboxylic acids is 1. The smallest absolute Gasteiger partial charge is 0.322 e. The summed E-state index contributed by atoms with van der Waals surface area (Å²) >= 11 is 0. The normalized spacial score (nSPS) is 16.2. The van der Waals surface area contributed by atoms with E-state index in [0.717, 1.165) is 41.0 Å². The quantitative estimate of drug-likeness (QED) is 0.467. The minimum atomic E-state index is -3.24. The molecule has 7 heteroatoms. The maximum atomic E-state index is 13.3. The molecule has 0 bridgehead atoms. The lowest BCUT2D eigenvalue weighted by atomic mass is 9.80. The summed E-state index contributed by atoms with van der Waals surface area (Å²) in [5, 5.41) is 3.04. The van der Waals surface area contributed by atoms with E-state index >= 15 is 0 Å². The fourth-order valence-electron chi connectivity index (χ4n) is 5.63. The molecule has 3 aromatic carbocycles. The summed E-state index contributed by atoms with van der Waals surface area (Å²) in [4.78, 5) is 15.5. The van der Waals surface area contributed by atoms with E-state index < -0.39 is 9.84 Å². The number of fused-ring (bicyclic) bond motifs is 2. The summed E-state index contributed by atoms with van der Waals surface area (Å²) in [6, 6.07) is 21.0. The Kier molecular flexibility index (Phi) is 6.51. The highest BCUT2D eigenvalue weighted by molar-refractivity contribution is 7.91. The Morgan fingerprint density at radius 2 is 1.75 bits per heavy atom. The summed E-state index contributed by atoms with van der Waals surface area (Å²) < 4.78 is 29.7. The Balaban J connectivity index is 1.39. The fraction of sp³-hybridized carbons (Fsp3) is 0.345. The summed E-state index contributed by atoms with van der Waals surface area (Å²) in [5.74, 6) is 0.904. The van der Waals surface area contributed by atoms with Gasteiger partial charge in [0.1, 0.15) is 5.75 Å². The van der Waals surface area contributed by atoms with E-state index in [9.17, 15) is 13.2 Å². The van der Waals surface area contributed by atoms with Gasteiger partial charge in [0.15, 0.2) is 9.84 Å². The van der Waals surface area contributed by atoms with Crippen LogP contribution >= 0.6 is 0 Å². The predicted molar refractivity (Wildman–Crippen MR) is 142 cm³/mol. The first-order chi connectivity index (χ1) is 17.4. The van der Waals surface area contributed by atoms with Gasteiger partial charge in [-0.15, -0.1) is 0 Å². The average Bonchev–Trinajstić information content (AvgIpc) is 3.52. The van der Waals surface area contributed by atoms with Crippen LogP contribution in [0.1, 0.15) is 43.7 Å². The van der Waals surface area contributed by atoms with Crippen LogP contribution in [0.2, 0.25) is 0 Å². The second kappa shape index (κ2) is 9.62. The second-order valence-electron chi connectivity index (χ2n) is 9.71. The monoisotopic (exact) mass is 504 g/mol. The number of rotatable bonds is 6. The van der Waals surface area contributed by atoms with Gasteiger partial charge in [-0.05, 0) is 59.9 Å². The minimum absolute atomic E-state index is 0.0130. The number of para-hydroxylation sites is 1. The molecule has 1 saturated carbocycles. The Hall–Kier alpha value is -3.32. The van der Waals surface area contributed by atoms with Crippen LogP contribution in [0.3, 0.4) is 0 Å². The number of anilines is 1. The van der Waals surface area contributed by atoms with Crippen LogP contribution in [-0.2, 0) is 21.8 Å². The molecule has 1 N–H and O–H groups in total. The van der Waals surface area contributed by atoms with Gasteiger partial charge in [-0.25, -0.2) is 13.2 Å². The highest BCUT2D eigenvalue weighted by atomic mass is 32.2. The molecule has 0 aromatic heterocycles. The lowest BCUT2D eigenvalue weighted by molar-refractivity contribution is 0.245. The zero-order chi connectivity index (χ0) is 25.3. The molecule has 1 aliphatic carbocycles. The number of carbonyl (C=O) groups is 1. The van der Waals surface area contributed by atoms with Crippen molar-refractivity contribution in [2.24, 2.45) is 0 Å². The molecule has 5 rings (SSSR count). The van der Waals surface area contributed by atoms with E-state index in [1.807, 2.05) is 23.1 Å². The zero-order valence-corrected chi connectivity index (χ0v) is 21.6. The molecule has 2 aliphatic rings. The molecule has 0 saturated heterocycles. The van der Waals surface area contributed by atoms with Gasteiger partial charge in [0.2, 0.25) is 0 Å². The summed E-state index contributed by atoms with van der Waals surface area (Å²) in [7, 11) is -1.55. The molecule has 1 fully saturated rings. The maximum Gasteiger partial charge on any atom is 0.322 e. The van der Waals surface area contributed by atoms with E-state index in [1.54, 1.807) is 38.3 Å². The topological polar surface area (TPSA) is 75.7 Å². The third kappa shape index (κ3) is 4.37. The van der Waals surface area contributed by atoms with Crippen LogP contribution in [0.25, 0.3) is 11.1 Å². The van der Waals surface area contributed by atoms with Gasteiger partial charge < -0.3 is 10.1 Å². The number of benzene rings is 3. The molecular weight excluding hydrogens is 472 g/mol. The van der Waals surface area contributed by atoms with Gasteiger partial charge in [-0.3, -0.25) is 4.90 Å². The Morgan fingerprint density at radius 3 is 2.44 bits per heavy atom. The maximum absolute atomic E-state index is 13.3. The zero-order valence-electron chi connectivity index (χ0n) is 20.8. The summed E-state index contributed by atoms with van der Waals surface area (Å²) in [6.45, 7) is 2.65. The van der Waals surface area contributed by atoms with Crippen molar-refractivity contribution in [1.29, 1.82) is 0 Å². The van der Waals surface area contributed by atoms with E-state index in [1.165, 1.54) is 18.4 Å². The number of hydrogen-bond acceptors (Lipinski definition) is 4. The number of urea groups is 1. The molecule has 36 heavy (non-hydrogen) atoms. The first kappa shape index (κ1) is 24.4. The minimum Gasteiger partial charge on any atom is -0.496 e. The Bertz CT molecular complexity index is 1380. The molecule has 1 aliphatic heterocycles. The van der Waals surface area contributed by atoms with Crippen LogP contribution in [-0.4, -0.2) is 33.9 Å². The van der Waals surface area contributed by atoms with E-state index in [-0.39, 0.29) is 17.2 Å². The van der Waals surface area contributed by atoms with Crippen LogP contribution in [0.15, 0.2) is 71.6 Å². The number of nitrogens with one attached hydrogen (secondary N) is 1. The van der Waals surface area contributed by atoms with Crippen molar-refractivity contribution in [1.82, 2.24) is 5.32 Å². The lowest BCUT2D eigenvalue weighted by Crippen LogP contribution is -2.41. The van der Waals surface area contributed by atoms with Crippen molar-refractivity contribution in [2.75, 3.05) is 24.3 Å². The van der Waals surface area contributed by atoms with Crippen LogP contribution < -0.4 is 15.0 Å². The Labute approximate surface area is 213 Å². The van der Waals surface area contributed by atoms with E-state index in [2.05, 4.69) is 29.6 Å². The molecule has 0 unspecified atom stereocenters. The number of nitrogens with zero attached hydrogens (tertiary/aromatic N) is 1. The van der Waals surface area contributed by atoms with Crippen molar-refractivity contribution in [3.8, 4) is 16.9 Å². The van der Waals surface area contributed by atoms with Gasteiger partial charge >= 0.3 is 6.03 Å². The SMILES string of the molecule is CCS(=O)(=O)c1ccc(CNC(=O)N2CC3(CCCC3)c3cc(-c4ccccc4OC)ccc32)cc1. The molecule has 1 spiro atoms. The first-order valence-corrected chi connectivity index (χ1v) is 14.2. The van der Waals surface area contributed by atoms with Gasteiger partial charge in [0.25, 0.3) is 0 Å². The van der Waals surface area contributed by atoms with Gasteiger partial charge in [0, 0.05) is 29.8 Å². The predicted octanol–water partition coefficient (Wildman–Crippen LogP) is 5.70. The second-order valence-corrected chi connectivity index (χ2v) is 12.0. The molecular formula is C29H32N2O4S. The lowest BCUT2D eigenvalue weighted by Gasteiger charge is -2.25. The third-order valence-electron chi connectivity index (χ3n) is 7.65. The van der Waals surface area contributed by atoms with Crippen LogP contribution in [0.5, 0.6) is 5.75 Å². The summed E-state index contributed by atoms with van der Waals surface area (Å²) in [6.07, 6.45) is 4.49. The fourth-order valence-corrected chi connectivity index (χ4v) is 6.52. The van der Waals surface area contributed by atoms with E-state index in [4.69, 9.17) is 4.74 Å². The number of ether oxygens (including phenoxy) is 1. The number of amides is 2. The van der Waals surface area contributed by atoms with Crippen molar-refractivity contribution in [3.05, 3.63) is 77.9 Å². The Morgan fingerprint density at radius 1 is 1.03 bits per heavy atom. The molecule has 188 valence electrons. The molecule has 0 atom stereocenters.